The Kier molecular flexibility index (Phi) is 3.25. The largest absolute Gasteiger partial charge is 0.341 e. The molecule has 0 aliphatic carbocycles. The number of rotatable bonds is 2. The van der Waals surface area contributed by atoms with E-state index in [1.165, 1.54) is 27.4 Å². The number of benzene rings is 2. The molecule has 0 unspecified atom stereocenters. The third-order valence-corrected chi connectivity index (χ3v) is 4.96. The Balaban J connectivity index is 1.84. The van der Waals surface area contributed by atoms with Crippen LogP contribution in [0.15, 0.2) is 61.1 Å². The summed E-state index contributed by atoms with van der Waals surface area (Å²) in [5.74, 6) is 0.708. The molecule has 0 atom stereocenters. The lowest BCUT2D eigenvalue weighted by molar-refractivity contribution is 0.827. The van der Waals surface area contributed by atoms with E-state index in [0.29, 0.717) is 5.82 Å². The van der Waals surface area contributed by atoms with E-state index in [1.807, 2.05) is 18.3 Å². The number of hydrogen-bond acceptors (Lipinski definition) is 3. The third-order valence-electron chi connectivity index (χ3n) is 4.96. The van der Waals surface area contributed by atoms with E-state index in [-0.39, 0.29) is 0 Å². The lowest BCUT2D eigenvalue weighted by Crippen LogP contribution is -1.94. The van der Waals surface area contributed by atoms with Gasteiger partial charge in [-0.25, -0.2) is 9.97 Å². The fraction of sp³-hybridized carbons (Fsp3) is 0.136. The maximum absolute atomic E-state index is 4.79. The molecule has 0 amide bonds. The molecule has 0 bridgehead atoms. The predicted octanol–water partition coefficient (Wildman–Crippen LogP) is 5.13. The van der Waals surface area contributed by atoms with Crippen LogP contribution in [0.2, 0.25) is 0 Å². The molecule has 0 aliphatic heterocycles. The molecule has 4 heteroatoms. The third kappa shape index (κ3) is 2.19. The smallest absolute Gasteiger partial charge is 0.161 e. The normalized spacial score (nSPS) is 11.6. The van der Waals surface area contributed by atoms with Crippen LogP contribution in [0.25, 0.3) is 44.1 Å². The second kappa shape index (κ2) is 5.63. The zero-order valence-electron chi connectivity index (χ0n) is 14.8. The summed E-state index contributed by atoms with van der Waals surface area (Å²) in [6.07, 6.45) is 5.47. The standard InChI is InChI=1S/C22H18N4/c1-3-26-20-7-6-14(2)9-17(20)18-10-16-13-24-22(15-5-4-8-23-12-15)25-19(16)11-21(18)26/h4-13H,3H2,1-2H3. The van der Waals surface area contributed by atoms with E-state index < -0.39 is 0 Å². The van der Waals surface area contributed by atoms with Crippen LogP contribution in [0.5, 0.6) is 0 Å². The Labute approximate surface area is 151 Å². The molecule has 0 saturated carbocycles. The van der Waals surface area contributed by atoms with Crippen LogP contribution in [-0.2, 0) is 6.54 Å². The maximum atomic E-state index is 4.79. The first kappa shape index (κ1) is 15.0. The van der Waals surface area contributed by atoms with Crippen molar-refractivity contribution >= 4 is 32.7 Å². The minimum absolute atomic E-state index is 0.708. The molecule has 0 aliphatic rings. The molecule has 0 fully saturated rings. The van der Waals surface area contributed by atoms with Crippen LogP contribution < -0.4 is 0 Å². The van der Waals surface area contributed by atoms with Crippen molar-refractivity contribution in [3.05, 3.63) is 66.6 Å². The summed E-state index contributed by atoms with van der Waals surface area (Å²) in [4.78, 5) is 13.5. The molecule has 0 saturated heterocycles. The van der Waals surface area contributed by atoms with Crippen LogP contribution in [0.3, 0.4) is 0 Å². The fourth-order valence-corrected chi connectivity index (χ4v) is 3.71. The quantitative estimate of drug-likeness (QED) is 0.448. The van der Waals surface area contributed by atoms with Crippen LogP contribution in [-0.4, -0.2) is 19.5 Å². The molecule has 0 N–H and O–H groups in total. The van der Waals surface area contributed by atoms with Crippen LogP contribution in [0.4, 0.5) is 0 Å². The van der Waals surface area contributed by atoms with Crippen molar-refractivity contribution in [1.82, 2.24) is 19.5 Å². The second-order valence-corrected chi connectivity index (χ2v) is 6.63. The van der Waals surface area contributed by atoms with Gasteiger partial charge < -0.3 is 4.57 Å². The summed E-state index contributed by atoms with van der Waals surface area (Å²) in [5, 5.41) is 3.61. The van der Waals surface area contributed by atoms with Crippen molar-refractivity contribution in [3.8, 4) is 11.4 Å². The molecule has 0 radical (unpaired) electrons. The van der Waals surface area contributed by atoms with Crippen LogP contribution in [0, 0.1) is 6.92 Å². The summed E-state index contributed by atoms with van der Waals surface area (Å²) in [7, 11) is 0. The van der Waals surface area contributed by atoms with Gasteiger partial charge in [-0.05, 0) is 50.2 Å². The highest BCUT2D eigenvalue weighted by Gasteiger charge is 2.12. The number of nitrogens with zero attached hydrogens (tertiary/aromatic N) is 4. The molecule has 5 rings (SSSR count). The molecule has 5 aromatic rings. The minimum Gasteiger partial charge on any atom is -0.341 e. The van der Waals surface area contributed by atoms with Gasteiger partial charge in [0, 0.05) is 52.4 Å². The van der Waals surface area contributed by atoms with Crippen molar-refractivity contribution in [1.29, 1.82) is 0 Å². The Morgan fingerprint density at radius 2 is 1.85 bits per heavy atom. The van der Waals surface area contributed by atoms with Crippen molar-refractivity contribution in [2.45, 2.75) is 20.4 Å². The van der Waals surface area contributed by atoms with Gasteiger partial charge in [0.1, 0.15) is 0 Å². The van der Waals surface area contributed by atoms with E-state index in [9.17, 15) is 0 Å². The Hall–Kier alpha value is -3.27. The summed E-state index contributed by atoms with van der Waals surface area (Å²) < 4.78 is 2.36. The van der Waals surface area contributed by atoms with Gasteiger partial charge in [-0.3, -0.25) is 4.98 Å². The first-order valence-corrected chi connectivity index (χ1v) is 8.84. The summed E-state index contributed by atoms with van der Waals surface area (Å²) in [6, 6.07) is 14.9. The average Bonchev–Trinajstić information content (AvgIpc) is 2.98. The number of hydrogen-bond donors (Lipinski definition) is 0. The first-order valence-electron chi connectivity index (χ1n) is 8.84. The highest BCUT2D eigenvalue weighted by molar-refractivity contribution is 6.12. The number of aryl methyl sites for hydroxylation is 2. The van der Waals surface area contributed by atoms with Gasteiger partial charge in [0.15, 0.2) is 5.82 Å². The number of aromatic nitrogens is 4. The van der Waals surface area contributed by atoms with E-state index in [4.69, 9.17) is 4.98 Å². The van der Waals surface area contributed by atoms with Crippen molar-refractivity contribution < 1.29 is 0 Å². The zero-order valence-corrected chi connectivity index (χ0v) is 14.8. The molecule has 3 heterocycles. The molecule has 126 valence electrons. The van der Waals surface area contributed by atoms with Crippen molar-refractivity contribution in [2.75, 3.05) is 0 Å². The molecule has 4 nitrogen and oxygen atoms in total. The van der Waals surface area contributed by atoms with Crippen molar-refractivity contribution in [2.24, 2.45) is 0 Å². The highest BCUT2D eigenvalue weighted by atomic mass is 15.0. The lowest BCUT2D eigenvalue weighted by atomic mass is 10.1. The Bertz CT molecular complexity index is 1270. The van der Waals surface area contributed by atoms with E-state index in [2.05, 4.69) is 58.7 Å². The van der Waals surface area contributed by atoms with Gasteiger partial charge >= 0.3 is 0 Å². The van der Waals surface area contributed by atoms with Gasteiger partial charge in [0.05, 0.1) is 11.0 Å². The van der Waals surface area contributed by atoms with Gasteiger partial charge in [0.2, 0.25) is 0 Å². The molecular formula is C22H18N4. The van der Waals surface area contributed by atoms with Gasteiger partial charge in [-0.1, -0.05) is 11.6 Å². The molecular weight excluding hydrogens is 320 g/mol. The topological polar surface area (TPSA) is 43.6 Å². The van der Waals surface area contributed by atoms with E-state index >= 15 is 0 Å². The van der Waals surface area contributed by atoms with E-state index in [0.717, 1.165) is 23.0 Å². The maximum Gasteiger partial charge on any atom is 0.161 e. The highest BCUT2D eigenvalue weighted by Crippen LogP contribution is 2.32. The van der Waals surface area contributed by atoms with Gasteiger partial charge in [-0.15, -0.1) is 0 Å². The number of pyridine rings is 1. The van der Waals surface area contributed by atoms with Gasteiger partial charge in [-0.2, -0.15) is 0 Å². The molecule has 26 heavy (non-hydrogen) atoms. The Morgan fingerprint density at radius 3 is 2.65 bits per heavy atom. The minimum atomic E-state index is 0.708. The first-order chi connectivity index (χ1) is 12.7. The molecule has 2 aromatic carbocycles. The van der Waals surface area contributed by atoms with Crippen LogP contribution in [0.1, 0.15) is 12.5 Å². The fourth-order valence-electron chi connectivity index (χ4n) is 3.71. The monoisotopic (exact) mass is 338 g/mol. The van der Waals surface area contributed by atoms with Crippen molar-refractivity contribution in [3.63, 3.8) is 0 Å². The predicted molar refractivity (Wildman–Crippen MR) is 106 cm³/mol. The Morgan fingerprint density at radius 1 is 0.962 bits per heavy atom. The van der Waals surface area contributed by atoms with E-state index in [1.54, 1.807) is 12.4 Å². The lowest BCUT2D eigenvalue weighted by Gasteiger charge is -2.05. The average molecular weight is 338 g/mol. The molecule has 3 aromatic heterocycles. The SMILES string of the molecule is CCn1c2ccc(C)cc2c2cc3cnc(-c4cccnc4)nc3cc21. The van der Waals surface area contributed by atoms with Crippen LogP contribution >= 0.6 is 0 Å². The van der Waals surface area contributed by atoms with Gasteiger partial charge in [0.25, 0.3) is 0 Å². The molecule has 0 spiro atoms. The summed E-state index contributed by atoms with van der Waals surface area (Å²) in [5.41, 5.74) is 5.65. The summed E-state index contributed by atoms with van der Waals surface area (Å²) >= 11 is 0. The second-order valence-electron chi connectivity index (χ2n) is 6.63. The summed E-state index contributed by atoms with van der Waals surface area (Å²) in [6.45, 7) is 5.25. The zero-order chi connectivity index (χ0) is 17.7. The number of fused-ring (bicyclic) bond motifs is 4.